The van der Waals surface area contributed by atoms with Crippen LogP contribution >= 0.6 is 0 Å². The second-order valence-corrected chi connectivity index (χ2v) is 7.41. The van der Waals surface area contributed by atoms with E-state index in [1.807, 2.05) is 18.2 Å². The highest BCUT2D eigenvalue weighted by molar-refractivity contribution is 6.11. The van der Waals surface area contributed by atoms with Crippen molar-refractivity contribution in [3.8, 4) is 0 Å². The molecule has 1 saturated heterocycles. The lowest BCUT2D eigenvalue weighted by Crippen LogP contribution is -2.36. The van der Waals surface area contributed by atoms with Crippen LogP contribution in [0.4, 0.5) is 0 Å². The van der Waals surface area contributed by atoms with Crippen LogP contribution < -0.4 is 0 Å². The van der Waals surface area contributed by atoms with Crippen molar-refractivity contribution < 1.29 is 9.53 Å². The van der Waals surface area contributed by atoms with Crippen molar-refractivity contribution in [2.45, 2.75) is 25.7 Å². The Labute approximate surface area is 160 Å². The maximum atomic E-state index is 12.8. The second-order valence-electron chi connectivity index (χ2n) is 7.41. The van der Waals surface area contributed by atoms with Crippen molar-refractivity contribution in [3.63, 3.8) is 0 Å². The van der Waals surface area contributed by atoms with Crippen molar-refractivity contribution in [1.29, 1.82) is 0 Å². The van der Waals surface area contributed by atoms with Gasteiger partial charge in [0.1, 0.15) is 0 Å². The topological polar surface area (TPSA) is 29.5 Å². The summed E-state index contributed by atoms with van der Waals surface area (Å²) in [4.78, 5) is 15.3. The third-order valence-electron chi connectivity index (χ3n) is 5.53. The number of benzene rings is 3. The molecule has 0 unspecified atom stereocenters. The molecule has 0 bridgehead atoms. The number of Topliss-reactive ketones (excluding diaryl/α,β-unsaturated/α-hetero) is 1. The molecule has 3 heteroatoms. The first-order valence-corrected chi connectivity index (χ1v) is 10.1. The van der Waals surface area contributed by atoms with E-state index in [0.717, 1.165) is 68.4 Å². The van der Waals surface area contributed by atoms with Gasteiger partial charge < -0.3 is 4.74 Å². The van der Waals surface area contributed by atoms with Gasteiger partial charge in [0.15, 0.2) is 5.78 Å². The number of carbonyl (C=O) groups excluding carboxylic acids is 1. The molecule has 3 aromatic rings. The molecule has 1 aliphatic heterocycles. The number of fused-ring (bicyclic) bond motifs is 2. The average Bonchev–Trinajstić information content (AvgIpc) is 2.72. The van der Waals surface area contributed by atoms with E-state index in [1.54, 1.807) is 0 Å². The molecule has 0 saturated carbocycles. The summed E-state index contributed by atoms with van der Waals surface area (Å²) in [5, 5.41) is 4.63. The Morgan fingerprint density at radius 2 is 1.59 bits per heavy atom. The highest BCUT2D eigenvalue weighted by Gasteiger charge is 2.12. The molecule has 0 aliphatic carbocycles. The van der Waals surface area contributed by atoms with Crippen LogP contribution in [0.15, 0.2) is 54.6 Å². The Kier molecular flexibility index (Phi) is 5.81. The third kappa shape index (κ3) is 4.37. The minimum atomic E-state index is 0.266. The quantitative estimate of drug-likeness (QED) is 0.334. The van der Waals surface area contributed by atoms with Crippen molar-refractivity contribution in [1.82, 2.24) is 4.90 Å². The molecule has 0 spiro atoms. The number of carbonyl (C=O) groups is 1. The van der Waals surface area contributed by atoms with Crippen LogP contribution in [0, 0.1) is 0 Å². The zero-order valence-corrected chi connectivity index (χ0v) is 15.8. The molecule has 0 amide bonds. The molecule has 27 heavy (non-hydrogen) atoms. The van der Waals surface area contributed by atoms with Crippen LogP contribution in [0.5, 0.6) is 0 Å². The van der Waals surface area contributed by atoms with Gasteiger partial charge >= 0.3 is 0 Å². The molecule has 3 nitrogen and oxygen atoms in total. The number of ether oxygens (including phenoxy) is 1. The summed E-state index contributed by atoms with van der Waals surface area (Å²) < 4.78 is 5.38. The molecule has 1 heterocycles. The molecule has 1 aliphatic rings. The smallest absolute Gasteiger partial charge is 0.163 e. The van der Waals surface area contributed by atoms with Crippen LogP contribution in [-0.2, 0) is 4.74 Å². The van der Waals surface area contributed by atoms with E-state index in [-0.39, 0.29) is 5.78 Å². The lowest BCUT2D eigenvalue weighted by Gasteiger charge is -2.26. The van der Waals surface area contributed by atoms with E-state index < -0.39 is 0 Å². The number of rotatable bonds is 7. The molecule has 0 N–H and O–H groups in total. The Balaban J connectivity index is 1.38. The Hall–Kier alpha value is -2.23. The van der Waals surface area contributed by atoms with Crippen LogP contribution in [0.2, 0.25) is 0 Å². The third-order valence-corrected chi connectivity index (χ3v) is 5.53. The lowest BCUT2D eigenvalue weighted by atomic mass is 9.96. The Morgan fingerprint density at radius 3 is 2.41 bits per heavy atom. The second kappa shape index (κ2) is 8.64. The summed E-state index contributed by atoms with van der Waals surface area (Å²) in [7, 11) is 0. The van der Waals surface area contributed by atoms with E-state index in [1.165, 1.54) is 10.8 Å². The van der Waals surface area contributed by atoms with Crippen molar-refractivity contribution in [2.24, 2.45) is 0 Å². The van der Waals surface area contributed by atoms with Gasteiger partial charge in [-0.2, -0.15) is 0 Å². The van der Waals surface area contributed by atoms with Crippen molar-refractivity contribution in [2.75, 3.05) is 32.8 Å². The predicted octanol–water partition coefficient (Wildman–Crippen LogP) is 5.07. The van der Waals surface area contributed by atoms with Gasteiger partial charge in [0.25, 0.3) is 0 Å². The van der Waals surface area contributed by atoms with E-state index in [0.29, 0.717) is 6.42 Å². The standard InChI is InChI=1S/C24H27NO2/c26-24(11-2-1-5-12-25-13-15-27-16-14-25)22-10-6-9-21-17-19-7-3-4-8-20(19)18-23(21)22/h3-4,6-10,17-18H,1-2,5,11-16H2. The Morgan fingerprint density at radius 1 is 0.852 bits per heavy atom. The number of unbranched alkanes of at least 4 members (excludes halogenated alkanes) is 2. The maximum Gasteiger partial charge on any atom is 0.163 e. The number of hydrogen-bond acceptors (Lipinski definition) is 3. The highest BCUT2D eigenvalue weighted by Crippen LogP contribution is 2.26. The lowest BCUT2D eigenvalue weighted by molar-refractivity contribution is 0.0371. The largest absolute Gasteiger partial charge is 0.379 e. The monoisotopic (exact) mass is 361 g/mol. The molecular weight excluding hydrogens is 334 g/mol. The molecule has 1 fully saturated rings. The molecule has 140 valence electrons. The van der Waals surface area contributed by atoms with Crippen LogP contribution in [0.25, 0.3) is 21.5 Å². The summed E-state index contributed by atoms with van der Waals surface area (Å²) in [6.07, 6.45) is 3.87. The zero-order valence-electron chi connectivity index (χ0n) is 15.8. The minimum absolute atomic E-state index is 0.266. The maximum absolute atomic E-state index is 12.8. The highest BCUT2D eigenvalue weighted by atomic mass is 16.5. The summed E-state index contributed by atoms with van der Waals surface area (Å²) in [6.45, 7) is 4.92. The molecule has 0 radical (unpaired) electrons. The summed E-state index contributed by atoms with van der Waals surface area (Å²) in [5.74, 6) is 0.266. The van der Waals surface area contributed by atoms with E-state index in [4.69, 9.17) is 4.74 Å². The first kappa shape index (κ1) is 18.1. The van der Waals surface area contributed by atoms with Crippen LogP contribution in [0.1, 0.15) is 36.0 Å². The van der Waals surface area contributed by atoms with Gasteiger partial charge in [-0.1, -0.05) is 48.9 Å². The van der Waals surface area contributed by atoms with Gasteiger partial charge in [-0.25, -0.2) is 0 Å². The van der Waals surface area contributed by atoms with E-state index in [9.17, 15) is 4.79 Å². The van der Waals surface area contributed by atoms with Crippen molar-refractivity contribution in [3.05, 3.63) is 60.2 Å². The van der Waals surface area contributed by atoms with Gasteiger partial charge in [-0.05, 0) is 53.1 Å². The number of morpholine rings is 1. The van der Waals surface area contributed by atoms with Gasteiger partial charge in [0.2, 0.25) is 0 Å². The first-order chi connectivity index (χ1) is 13.3. The van der Waals surface area contributed by atoms with Crippen LogP contribution in [0.3, 0.4) is 0 Å². The van der Waals surface area contributed by atoms with Crippen molar-refractivity contribution >= 4 is 27.3 Å². The first-order valence-electron chi connectivity index (χ1n) is 10.1. The molecule has 4 rings (SSSR count). The predicted molar refractivity (Wildman–Crippen MR) is 112 cm³/mol. The molecular formula is C24H27NO2. The summed E-state index contributed by atoms with van der Waals surface area (Å²) in [6, 6.07) is 18.8. The number of nitrogens with zero attached hydrogens (tertiary/aromatic N) is 1. The fourth-order valence-electron chi connectivity index (χ4n) is 3.97. The minimum Gasteiger partial charge on any atom is -0.379 e. The van der Waals surface area contributed by atoms with Crippen LogP contribution in [-0.4, -0.2) is 43.5 Å². The molecule has 3 aromatic carbocycles. The Bertz CT molecular complexity index is 928. The van der Waals surface area contributed by atoms with Gasteiger partial charge in [0.05, 0.1) is 13.2 Å². The summed E-state index contributed by atoms with van der Waals surface area (Å²) >= 11 is 0. The van der Waals surface area contributed by atoms with Gasteiger partial charge in [0, 0.05) is 25.1 Å². The fourth-order valence-corrected chi connectivity index (χ4v) is 3.97. The van der Waals surface area contributed by atoms with Gasteiger partial charge in [-0.15, -0.1) is 0 Å². The number of hydrogen-bond donors (Lipinski definition) is 0. The SMILES string of the molecule is O=C(CCCCCN1CCOCC1)c1cccc2cc3ccccc3cc12. The average molecular weight is 361 g/mol. The zero-order chi connectivity index (χ0) is 18.5. The van der Waals surface area contributed by atoms with E-state index >= 15 is 0 Å². The fraction of sp³-hybridized carbons (Fsp3) is 0.375. The van der Waals surface area contributed by atoms with E-state index in [2.05, 4.69) is 41.3 Å². The van der Waals surface area contributed by atoms with Gasteiger partial charge in [-0.3, -0.25) is 9.69 Å². The molecule has 0 atom stereocenters. The number of ketones is 1. The summed E-state index contributed by atoms with van der Waals surface area (Å²) in [5.41, 5.74) is 0.867. The molecule has 0 aromatic heterocycles. The normalized spacial score (nSPS) is 15.4.